The molecule has 2 saturated heterocycles. The van der Waals surface area contributed by atoms with Crippen molar-refractivity contribution >= 4 is 11.6 Å². The van der Waals surface area contributed by atoms with Crippen molar-refractivity contribution in [1.29, 1.82) is 0 Å². The number of piperidine rings is 1. The van der Waals surface area contributed by atoms with Crippen LogP contribution in [0.3, 0.4) is 0 Å². The minimum atomic E-state index is -0.123. The van der Waals surface area contributed by atoms with Crippen LogP contribution in [0.15, 0.2) is 42.5 Å². The molecule has 0 unspecified atom stereocenters. The SMILES string of the molecule is COc1ccc(N2C(=O)CC[C@]23CCN(Cc2ccc(O)c(OC(C)C)c2)[C@@H](C)C3)cc1. The first-order chi connectivity index (χ1) is 15.3. The number of hydrogen-bond acceptors (Lipinski definition) is 5. The highest BCUT2D eigenvalue weighted by atomic mass is 16.5. The summed E-state index contributed by atoms with van der Waals surface area (Å²) in [5.41, 5.74) is 1.96. The van der Waals surface area contributed by atoms with Gasteiger partial charge in [-0.2, -0.15) is 0 Å². The van der Waals surface area contributed by atoms with Crippen LogP contribution in [-0.2, 0) is 11.3 Å². The Morgan fingerprint density at radius 1 is 1.16 bits per heavy atom. The lowest BCUT2D eigenvalue weighted by atomic mass is 9.81. The number of rotatable bonds is 6. The number of carbonyl (C=O) groups is 1. The molecule has 0 radical (unpaired) electrons. The first-order valence-electron chi connectivity index (χ1n) is 11.5. The molecule has 2 aromatic carbocycles. The zero-order valence-corrected chi connectivity index (χ0v) is 19.5. The summed E-state index contributed by atoms with van der Waals surface area (Å²) in [4.78, 5) is 17.4. The van der Waals surface area contributed by atoms with Crippen molar-refractivity contribution in [2.45, 2.75) is 70.7 Å². The Balaban J connectivity index is 1.49. The van der Waals surface area contributed by atoms with Crippen LogP contribution in [0.2, 0.25) is 0 Å². The lowest BCUT2D eigenvalue weighted by Gasteiger charge is -2.48. The fraction of sp³-hybridized carbons (Fsp3) is 0.500. The van der Waals surface area contributed by atoms with E-state index in [2.05, 4.69) is 16.7 Å². The Kier molecular flexibility index (Phi) is 6.33. The van der Waals surface area contributed by atoms with Gasteiger partial charge in [0.05, 0.1) is 18.8 Å². The molecule has 1 spiro atoms. The summed E-state index contributed by atoms with van der Waals surface area (Å²) in [6, 6.07) is 13.8. The van der Waals surface area contributed by atoms with Crippen LogP contribution in [-0.4, -0.2) is 47.3 Å². The van der Waals surface area contributed by atoms with Gasteiger partial charge in [-0.25, -0.2) is 0 Å². The molecule has 2 aromatic rings. The van der Waals surface area contributed by atoms with Crippen molar-refractivity contribution in [1.82, 2.24) is 4.90 Å². The van der Waals surface area contributed by atoms with Crippen LogP contribution in [0.1, 0.15) is 52.0 Å². The van der Waals surface area contributed by atoms with Gasteiger partial charge in [-0.1, -0.05) is 6.07 Å². The summed E-state index contributed by atoms with van der Waals surface area (Å²) in [6.07, 6.45) is 3.41. The molecule has 1 amide bonds. The molecule has 2 heterocycles. The Labute approximate surface area is 190 Å². The highest BCUT2D eigenvalue weighted by molar-refractivity contribution is 5.97. The molecular formula is C26H34N2O4. The number of nitrogens with zero attached hydrogens (tertiary/aromatic N) is 2. The molecule has 0 aromatic heterocycles. The molecular weight excluding hydrogens is 404 g/mol. The van der Waals surface area contributed by atoms with E-state index in [1.807, 2.05) is 50.2 Å². The molecule has 2 fully saturated rings. The number of likely N-dealkylation sites (tertiary alicyclic amines) is 1. The largest absolute Gasteiger partial charge is 0.504 e. The van der Waals surface area contributed by atoms with E-state index in [9.17, 15) is 9.90 Å². The van der Waals surface area contributed by atoms with Gasteiger partial charge in [-0.05, 0) is 82.0 Å². The summed E-state index contributed by atoms with van der Waals surface area (Å²) < 4.78 is 11.0. The Morgan fingerprint density at radius 2 is 1.91 bits per heavy atom. The number of hydrogen-bond donors (Lipinski definition) is 1. The van der Waals surface area contributed by atoms with E-state index < -0.39 is 0 Å². The molecule has 2 atom stereocenters. The molecule has 0 bridgehead atoms. The second-order valence-corrected chi connectivity index (χ2v) is 9.39. The van der Waals surface area contributed by atoms with Crippen molar-refractivity contribution in [3.63, 3.8) is 0 Å². The van der Waals surface area contributed by atoms with Crippen molar-refractivity contribution in [3.8, 4) is 17.2 Å². The number of phenols is 1. The van der Waals surface area contributed by atoms with E-state index in [-0.39, 0.29) is 23.3 Å². The monoisotopic (exact) mass is 438 g/mol. The van der Waals surface area contributed by atoms with Gasteiger partial charge in [0.1, 0.15) is 5.75 Å². The average Bonchev–Trinajstić information content (AvgIpc) is 3.07. The summed E-state index contributed by atoms with van der Waals surface area (Å²) >= 11 is 0. The molecule has 32 heavy (non-hydrogen) atoms. The fourth-order valence-corrected chi connectivity index (χ4v) is 5.23. The van der Waals surface area contributed by atoms with Crippen LogP contribution < -0.4 is 14.4 Å². The highest BCUT2D eigenvalue weighted by Gasteiger charge is 2.49. The summed E-state index contributed by atoms with van der Waals surface area (Å²) in [7, 11) is 1.65. The number of methoxy groups -OCH3 is 1. The normalized spacial score (nSPS) is 23.8. The molecule has 6 nitrogen and oxygen atoms in total. The predicted molar refractivity (Wildman–Crippen MR) is 125 cm³/mol. The van der Waals surface area contributed by atoms with E-state index in [4.69, 9.17) is 9.47 Å². The smallest absolute Gasteiger partial charge is 0.227 e. The number of phenolic OH excluding ortho intramolecular Hbond substituents is 1. The Hall–Kier alpha value is -2.73. The standard InChI is InChI=1S/C26H34N2O4/c1-18(2)32-24-15-20(5-10-23(24)29)17-27-14-13-26(16-19(27)3)12-11-25(30)28(26)21-6-8-22(31-4)9-7-21/h5-10,15,18-19,29H,11-14,16-17H2,1-4H3/t19-,26+/m0/s1. The van der Waals surface area contributed by atoms with Gasteiger partial charge in [0.25, 0.3) is 0 Å². The number of benzene rings is 2. The van der Waals surface area contributed by atoms with E-state index in [0.717, 1.165) is 49.4 Å². The zero-order valence-electron chi connectivity index (χ0n) is 19.5. The molecule has 2 aliphatic heterocycles. The molecule has 2 aliphatic rings. The third-order valence-electron chi connectivity index (χ3n) is 6.79. The lowest BCUT2D eigenvalue weighted by molar-refractivity contribution is -0.117. The van der Waals surface area contributed by atoms with Crippen molar-refractivity contribution in [2.24, 2.45) is 0 Å². The minimum Gasteiger partial charge on any atom is -0.504 e. The maximum absolute atomic E-state index is 12.9. The quantitative estimate of drug-likeness (QED) is 0.706. The van der Waals surface area contributed by atoms with E-state index in [1.165, 1.54) is 0 Å². The summed E-state index contributed by atoms with van der Waals surface area (Å²) in [6.45, 7) is 7.87. The van der Waals surface area contributed by atoms with Gasteiger partial charge >= 0.3 is 0 Å². The van der Waals surface area contributed by atoms with Gasteiger partial charge < -0.3 is 19.5 Å². The molecule has 172 valence electrons. The molecule has 1 N–H and O–H groups in total. The second-order valence-electron chi connectivity index (χ2n) is 9.39. The fourth-order valence-electron chi connectivity index (χ4n) is 5.23. The van der Waals surface area contributed by atoms with Crippen LogP contribution in [0.4, 0.5) is 5.69 Å². The average molecular weight is 439 g/mol. The maximum Gasteiger partial charge on any atom is 0.227 e. The predicted octanol–water partition coefficient (Wildman–Crippen LogP) is 4.74. The van der Waals surface area contributed by atoms with Gasteiger partial charge in [0, 0.05) is 31.2 Å². The highest BCUT2D eigenvalue weighted by Crippen LogP contribution is 2.44. The van der Waals surface area contributed by atoms with E-state index in [0.29, 0.717) is 18.2 Å². The van der Waals surface area contributed by atoms with Gasteiger partial charge in [-0.3, -0.25) is 9.69 Å². The number of anilines is 1. The molecule has 4 rings (SSSR count). The molecule has 6 heteroatoms. The van der Waals surface area contributed by atoms with Gasteiger partial charge in [0.2, 0.25) is 5.91 Å². The van der Waals surface area contributed by atoms with Crippen LogP contribution in [0.25, 0.3) is 0 Å². The number of aromatic hydroxyl groups is 1. The maximum atomic E-state index is 12.9. The Morgan fingerprint density at radius 3 is 2.56 bits per heavy atom. The second kappa shape index (κ2) is 9.02. The number of ether oxygens (including phenoxy) is 2. The number of amides is 1. The van der Waals surface area contributed by atoms with Gasteiger partial charge in [0.15, 0.2) is 11.5 Å². The van der Waals surface area contributed by atoms with Crippen molar-refractivity contribution in [3.05, 3.63) is 48.0 Å². The Bertz CT molecular complexity index is 959. The topological polar surface area (TPSA) is 62.2 Å². The minimum absolute atomic E-state index is 0.00811. The van der Waals surface area contributed by atoms with Crippen molar-refractivity contribution < 1.29 is 19.4 Å². The van der Waals surface area contributed by atoms with E-state index in [1.54, 1.807) is 13.2 Å². The third-order valence-corrected chi connectivity index (χ3v) is 6.79. The van der Waals surface area contributed by atoms with Crippen LogP contribution in [0.5, 0.6) is 17.2 Å². The lowest BCUT2D eigenvalue weighted by Crippen LogP contribution is -2.56. The summed E-state index contributed by atoms with van der Waals surface area (Å²) in [5, 5.41) is 10.1. The first-order valence-corrected chi connectivity index (χ1v) is 11.5. The van der Waals surface area contributed by atoms with Gasteiger partial charge in [-0.15, -0.1) is 0 Å². The summed E-state index contributed by atoms with van der Waals surface area (Å²) in [5.74, 6) is 1.72. The molecule has 0 aliphatic carbocycles. The van der Waals surface area contributed by atoms with Crippen molar-refractivity contribution in [2.75, 3.05) is 18.6 Å². The van der Waals surface area contributed by atoms with E-state index >= 15 is 0 Å². The molecule has 0 saturated carbocycles. The van der Waals surface area contributed by atoms with Crippen LogP contribution >= 0.6 is 0 Å². The number of carbonyl (C=O) groups excluding carboxylic acids is 1. The zero-order chi connectivity index (χ0) is 22.9. The van der Waals surface area contributed by atoms with Crippen LogP contribution in [0, 0.1) is 0 Å². The third kappa shape index (κ3) is 4.42. The first kappa shape index (κ1) is 22.5.